The van der Waals surface area contributed by atoms with E-state index in [2.05, 4.69) is 10.6 Å². The zero-order chi connectivity index (χ0) is 31.0. The van der Waals surface area contributed by atoms with Crippen LogP contribution in [0.1, 0.15) is 41.0 Å². The summed E-state index contributed by atoms with van der Waals surface area (Å²) in [5.74, 6) is 0.0875. The molecule has 3 aromatic carbocycles. The smallest absolute Gasteiger partial charge is 0.338 e. The number of rotatable bonds is 7. The first-order valence-electron chi connectivity index (χ1n) is 14.2. The summed E-state index contributed by atoms with van der Waals surface area (Å²) in [6.45, 7) is 6.00. The predicted molar refractivity (Wildman–Crippen MR) is 174 cm³/mol. The van der Waals surface area contributed by atoms with Gasteiger partial charge in [0.2, 0.25) is 0 Å². The SMILES string of the molecule is CCOC(=O)C1=C(c2ccccc2)N=c2s/c(=C\c3cc(C)n(-c4ccc(Cl)cc4)c3C)c(=O)n2[C@H]1c1cccc(OC)c1. The number of thiazole rings is 1. The van der Waals surface area contributed by atoms with Crippen LogP contribution in [-0.2, 0) is 9.53 Å². The summed E-state index contributed by atoms with van der Waals surface area (Å²) in [4.78, 5) is 33.4. The highest BCUT2D eigenvalue weighted by Crippen LogP contribution is 2.36. The van der Waals surface area contributed by atoms with Crippen LogP contribution in [0.25, 0.3) is 17.5 Å². The van der Waals surface area contributed by atoms with Crippen molar-refractivity contribution in [3.8, 4) is 11.4 Å². The highest BCUT2D eigenvalue weighted by molar-refractivity contribution is 7.07. The van der Waals surface area contributed by atoms with Crippen LogP contribution >= 0.6 is 22.9 Å². The van der Waals surface area contributed by atoms with Crippen molar-refractivity contribution < 1.29 is 14.3 Å². The summed E-state index contributed by atoms with van der Waals surface area (Å²) < 4.78 is 15.3. The minimum absolute atomic E-state index is 0.183. The van der Waals surface area contributed by atoms with E-state index in [9.17, 15) is 9.59 Å². The molecule has 6 rings (SSSR count). The highest BCUT2D eigenvalue weighted by atomic mass is 35.5. The van der Waals surface area contributed by atoms with Crippen molar-refractivity contribution in [1.29, 1.82) is 0 Å². The van der Waals surface area contributed by atoms with Gasteiger partial charge in [-0.15, -0.1) is 0 Å². The predicted octanol–water partition coefficient (Wildman–Crippen LogP) is 6.01. The van der Waals surface area contributed by atoms with E-state index in [1.807, 2.05) is 98.8 Å². The van der Waals surface area contributed by atoms with Crippen LogP contribution in [-0.4, -0.2) is 28.8 Å². The molecular formula is C35H30ClN3O4S. The van der Waals surface area contributed by atoms with Gasteiger partial charge in [-0.3, -0.25) is 9.36 Å². The van der Waals surface area contributed by atoms with Gasteiger partial charge in [0.25, 0.3) is 5.56 Å². The monoisotopic (exact) mass is 623 g/mol. The molecular weight excluding hydrogens is 594 g/mol. The molecule has 0 bridgehead atoms. The lowest BCUT2D eigenvalue weighted by atomic mass is 9.93. The molecule has 0 N–H and O–H groups in total. The number of methoxy groups -OCH3 is 1. The molecule has 0 aliphatic carbocycles. The van der Waals surface area contributed by atoms with E-state index in [1.165, 1.54) is 11.3 Å². The van der Waals surface area contributed by atoms with Gasteiger partial charge in [-0.2, -0.15) is 0 Å². The number of fused-ring (bicyclic) bond motifs is 1. The van der Waals surface area contributed by atoms with Gasteiger partial charge in [0, 0.05) is 27.7 Å². The Morgan fingerprint density at radius 1 is 1.02 bits per heavy atom. The summed E-state index contributed by atoms with van der Waals surface area (Å²) in [5.41, 5.74) is 5.90. The van der Waals surface area contributed by atoms with Crippen molar-refractivity contribution in [2.24, 2.45) is 4.99 Å². The topological polar surface area (TPSA) is 74.8 Å². The Bertz CT molecular complexity index is 2090. The van der Waals surface area contributed by atoms with Gasteiger partial charge in [0.1, 0.15) is 5.75 Å². The molecule has 0 radical (unpaired) electrons. The average Bonchev–Trinajstić information content (AvgIpc) is 3.50. The molecule has 44 heavy (non-hydrogen) atoms. The molecule has 9 heteroatoms. The third-order valence-corrected chi connectivity index (χ3v) is 8.86. The summed E-state index contributed by atoms with van der Waals surface area (Å²) in [7, 11) is 1.59. The van der Waals surface area contributed by atoms with Crippen LogP contribution in [0, 0.1) is 13.8 Å². The lowest BCUT2D eigenvalue weighted by Crippen LogP contribution is -2.40. The molecule has 0 fully saturated rings. The first-order valence-corrected chi connectivity index (χ1v) is 15.4. The van der Waals surface area contributed by atoms with Gasteiger partial charge >= 0.3 is 5.97 Å². The maximum Gasteiger partial charge on any atom is 0.338 e. The van der Waals surface area contributed by atoms with E-state index < -0.39 is 12.0 Å². The Morgan fingerprint density at radius 3 is 2.48 bits per heavy atom. The molecule has 0 amide bonds. The number of carbonyl (C=O) groups excluding carboxylic acids is 1. The van der Waals surface area contributed by atoms with Crippen molar-refractivity contribution in [2.75, 3.05) is 13.7 Å². The Morgan fingerprint density at radius 2 is 1.77 bits per heavy atom. The van der Waals surface area contributed by atoms with Crippen molar-refractivity contribution in [3.05, 3.63) is 143 Å². The van der Waals surface area contributed by atoms with E-state index >= 15 is 0 Å². The van der Waals surface area contributed by atoms with Gasteiger partial charge in [-0.1, -0.05) is 65.4 Å². The fraction of sp³-hybridized carbons (Fsp3) is 0.171. The lowest BCUT2D eigenvalue weighted by Gasteiger charge is -2.26. The summed E-state index contributed by atoms with van der Waals surface area (Å²) in [6, 6.07) is 25.8. The Labute approximate surface area is 263 Å². The molecule has 1 atom stereocenters. The second-order valence-electron chi connectivity index (χ2n) is 10.3. The summed E-state index contributed by atoms with van der Waals surface area (Å²) in [5, 5.41) is 0.667. The van der Waals surface area contributed by atoms with Crippen LogP contribution in [0.2, 0.25) is 5.02 Å². The Balaban J connectivity index is 1.60. The van der Waals surface area contributed by atoms with Crippen LogP contribution in [0.15, 0.2) is 100 Å². The standard InChI is InChI=1S/C35H30ClN3O4S/c1-5-43-34(41)30-31(23-10-7-6-8-11-23)37-35-39(32(30)24-12-9-13-28(19-24)42-4)33(40)29(44-35)20-25-18-21(2)38(22(25)3)27-16-14-26(36)15-17-27/h6-20,32H,5H2,1-4H3/b29-20-/t32-/m0/s1. The molecule has 0 unspecified atom stereocenters. The minimum atomic E-state index is -0.778. The maximum absolute atomic E-state index is 14.3. The first-order chi connectivity index (χ1) is 21.3. The Kier molecular flexibility index (Phi) is 8.12. The fourth-order valence-corrected chi connectivity index (χ4v) is 6.75. The number of ether oxygens (including phenoxy) is 2. The van der Waals surface area contributed by atoms with Crippen LogP contribution in [0.4, 0.5) is 0 Å². The van der Waals surface area contributed by atoms with E-state index in [-0.39, 0.29) is 12.2 Å². The maximum atomic E-state index is 14.3. The third kappa shape index (κ3) is 5.31. The molecule has 0 saturated heterocycles. The van der Waals surface area contributed by atoms with Crippen molar-refractivity contribution in [1.82, 2.24) is 9.13 Å². The number of aromatic nitrogens is 2. The number of benzene rings is 3. The van der Waals surface area contributed by atoms with E-state index in [1.54, 1.807) is 18.6 Å². The minimum Gasteiger partial charge on any atom is -0.497 e. The quantitative estimate of drug-likeness (QED) is 0.208. The van der Waals surface area contributed by atoms with Crippen LogP contribution < -0.4 is 19.6 Å². The normalized spacial score (nSPS) is 14.8. The number of nitrogens with zero attached hydrogens (tertiary/aromatic N) is 3. The number of esters is 1. The van der Waals surface area contributed by atoms with Gasteiger partial charge in [-0.25, -0.2) is 9.79 Å². The number of aryl methyl sites for hydroxylation is 1. The number of halogens is 1. The average molecular weight is 624 g/mol. The number of hydrogen-bond acceptors (Lipinski definition) is 6. The summed E-state index contributed by atoms with van der Waals surface area (Å²) >= 11 is 7.42. The van der Waals surface area contributed by atoms with Gasteiger partial charge in [0.15, 0.2) is 4.80 Å². The number of hydrogen-bond donors (Lipinski definition) is 0. The number of carbonyl (C=O) groups is 1. The molecule has 5 aromatic rings. The van der Waals surface area contributed by atoms with E-state index in [0.717, 1.165) is 28.2 Å². The molecule has 7 nitrogen and oxygen atoms in total. The third-order valence-electron chi connectivity index (χ3n) is 7.62. The van der Waals surface area contributed by atoms with Gasteiger partial charge < -0.3 is 14.0 Å². The second-order valence-corrected chi connectivity index (χ2v) is 11.8. The van der Waals surface area contributed by atoms with Gasteiger partial charge in [0.05, 0.1) is 35.6 Å². The lowest BCUT2D eigenvalue weighted by molar-refractivity contribution is -0.138. The van der Waals surface area contributed by atoms with Crippen molar-refractivity contribution >= 4 is 40.7 Å². The first kappa shape index (κ1) is 29.4. The molecule has 2 aromatic heterocycles. The fourth-order valence-electron chi connectivity index (χ4n) is 5.63. The molecule has 1 aliphatic rings. The zero-order valence-electron chi connectivity index (χ0n) is 24.7. The van der Waals surface area contributed by atoms with Crippen molar-refractivity contribution in [3.63, 3.8) is 0 Å². The molecule has 0 spiro atoms. The molecule has 3 heterocycles. The summed E-state index contributed by atoms with van der Waals surface area (Å²) in [6.07, 6.45) is 1.90. The highest BCUT2D eigenvalue weighted by Gasteiger charge is 2.35. The van der Waals surface area contributed by atoms with Crippen LogP contribution in [0.3, 0.4) is 0 Å². The molecule has 0 saturated carbocycles. The molecule has 1 aliphatic heterocycles. The Hall–Kier alpha value is -4.66. The van der Waals surface area contributed by atoms with E-state index in [0.29, 0.717) is 36.9 Å². The van der Waals surface area contributed by atoms with Crippen LogP contribution in [0.5, 0.6) is 5.75 Å². The largest absolute Gasteiger partial charge is 0.497 e. The molecule has 222 valence electrons. The van der Waals surface area contributed by atoms with Gasteiger partial charge in [-0.05, 0) is 80.4 Å². The zero-order valence-corrected chi connectivity index (χ0v) is 26.3. The second kappa shape index (κ2) is 12.1. The van der Waals surface area contributed by atoms with E-state index in [4.69, 9.17) is 26.1 Å². The van der Waals surface area contributed by atoms with Crippen molar-refractivity contribution in [2.45, 2.75) is 26.8 Å².